The standard InChI is InChI=1S/C17H33N3O/c1-6-20(11-7-10-19(4)5)14-17-9-8-16(21-17)13-18-12-15(2)3/h8-9,15,18H,6-7,10-14H2,1-5H3. The highest BCUT2D eigenvalue weighted by Crippen LogP contribution is 2.11. The molecule has 0 spiro atoms. The molecule has 0 saturated carbocycles. The number of hydrogen-bond acceptors (Lipinski definition) is 4. The molecular weight excluding hydrogens is 262 g/mol. The first kappa shape index (κ1) is 18.2. The minimum atomic E-state index is 0.673. The van der Waals surface area contributed by atoms with E-state index in [1.165, 1.54) is 6.42 Å². The van der Waals surface area contributed by atoms with Crippen LogP contribution in [0, 0.1) is 5.92 Å². The van der Waals surface area contributed by atoms with E-state index in [1.54, 1.807) is 0 Å². The fourth-order valence-electron chi connectivity index (χ4n) is 2.27. The van der Waals surface area contributed by atoms with Crippen molar-refractivity contribution in [1.29, 1.82) is 0 Å². The molecule has 4 nitrogen and oxygen atoms in total. The average molecular weight is 295 g/mol. The summed E-state index contributed by atoms with van der Waals surface area (Å²) in [6.07, 6.45) is 1.20. The van der Waals surface area contributed by atoms with Crippen molar-refractivity contribution in [1.82, 2.24) is 15.1 Å². The fraction of sp³-hybridized carbons (Fsp3) is 0.765. The van der Waals surface area contributed by atoms with Crippen LogP contribution < -0.4 is 5.32 Å². The van der Waals surface area contributed by atoms with Gasteiger partial charge in [-0.1, -0.05) is 20.8 Å². The summed E-state index contributed by atoms with van der Waals surface area (Å²) in [5.74, 6) is 2.78. The molecule has 0 saturated heterocycles. The Morgan fingerprint density at radius 1 is 1.14 bits per heavy atom. The predicted octanol–water partition coefficient (Wildman–Crippen LogP) is 2.80. The molecule has 1 aromatic heterocycles. The van der Waals surface area contributed by atoms with Gasteiger partial charge in [-0.3, -0.25) is 4.90 Å². The van der Waals surface area contributed by atoms with Gasteiger partial charge in [0.15, 0.2) is 0 Å². The van der Waals surface area contributed by atoms with E-state index in [9.17, 15) is 0 Å². The summed E-state index contributed by atoms with van der Waals surface area (Å²) in [6.45, 7) is 12.7. The zero-order valence-electron chi connectivity index (χ0n) is 14.5. The number of nitrogens with zero attached hydrogens (tertiary/aromatic N) is 2. The quantitative estimate of drug-likeness (QED) is 0.680. The molecule has 0 unspecified atom stereocenters. The summed E-state index contributed by atoms with van der Waals surface area (Å²) in [6, 6.07) is 4.21. The van der Waals surface area contributed by atoms with Crippen LogP contribution in [0.5, 0.6) is 0 Å². The van der Waals surface area contributed by atoms with Gasteiger partial charge in [0.05, 0.1) is 13.1 Å². The molecule has 0 amide bonds. The number of nitrogens with one attached hydrogen (secondary N) is 1. The molecule has 1 heterocycles. The lowest BCUT2D eigenvalue weighted by molar-refractivity contribution is 0.238. The summed E-state index contributed by atoms with van der Waals surface area (Å²) >= 11 is 0. The molecule has 0 bridgehead atoms. The van der Waals surface area contributed by atoms with Gasteiger partial charge in [-0.2, -0.15) is 0 Å². The Hall–Kier alpha value is -0.840. The number of rotatable bonds is 11. The summed E-state index contributed by atoms with van der Waals surface area (Å²) < 4.78 is 5.91. The van der Waals surface area contributed by atoms with Gasteiger partial charge in [0.25, 0.3) is 0 Å². The zero-order valence-corrected chi connectivity index (χ0v) is 14.5. The molecule has 1 rings (SSSR count). The monoisotopic (exact) mass is 295 g/mol. The largest absolute Gasteiger partial charge is 0.463 e. The van der Waals surface area contributed by atoms with Gasteiger partial charge >= 0.3 is 0 Å². The maximum Gasteiger partial charge on any atom is 0.118 e. The van der Waals surface area contributed by atoms with Gasteiger partial charge in [-0.05, 0) is 64.7 Å². The lowest BCUT2D eigenvalue weighted by atomic mass is 10.2. The third kappa shape index (κ3) is 8.24. The van der Waals surface area contributed by atoms with E-state index in [4.69, 9.17) is 4.42 Å². The molecule has 0 aliphatic carbocycles. The molecule has 0 aliphatic rings. The van der Waals surface area contributed by atoms with Crippen molar-refractivity contribution in [2.75, 3.05) is 40.3 Å². The summed E-state index contributed by atoms with van der Waals surface area (Å²) in [7, 11) is 4.25. The first-order chi connectivity index (χ1) is 10.0. The maximum atomic E-state index is 5.91. The SMILES string of the molecule is CCN(CCCN(C)C)Cc1ccc(CNCC(C)C)o1. The van der Waals surface area contributed by atoms with Crippen molar-refractivity contribution in [3.63, 3.8) is 0 Å². The molecule has 21 heavy (non-hydrogen) atoms. The molecule has 0 fully saturated rings. The van der Waals surface area contributed by atoms with Crippen LogP contribution in [0.3, 0.4) is 0 Å². The normalized spacial score (nSPS) is 12.0. The highest BCUT2D eigenvalue weighted by atomic mass is 16.3. The van der Waals surface area contributed by atoms with E-state index >= 15 is 0 Å². The van der Waals surface area contributed by atoms with Crippen LogP contribution in [0.1, 0.15) is 38.7 Å². The van der Waals surface area contributed by atoms with Gasteiger partial charge in [-0.25, -0.2) is 0 Å². The average Bonchev–Trinajstić information content (AvgIpc) is 2.84. The molecule has 1 aromatic rings. The van der Waals surface area contributed by atoms with Gasteiger partial charge in [0.2, 0.25) is 0 Å². The zero-order chi connectivity index (χ0) is 15.7. The topological polar surface area (TPSA) is 31.6 Å². The van der Waals surface area contributed by atoms with Crippen molar-refractivity contribution in [2.45, 2.75) is 40.3 Å². The van der Waals surface area contributed by atoms with Gasteiger partial charge in [-0.15, -0.1) is 0 Å². The maximum absolute atomic E-state index is 5.91. The first-order valence-corrected chi connectivity index (χ1v) is 8.16. The van der Waals surface area contributed by atoms with Gasteiger partial charge in [0, 0.05) is 0 Å². The summed E-state index contributed by atoms with van der Waals surface area (Å²) in [4.78, 5) is 4.67. The Bertz CT molecular complexity index is 374. The van der Waals surface area contributed by atoms with Crippen molar-refractivity contribution >= 4 is 0 Å². The molecule has 122 valence electrons. The van der Waals surface area contributed by atoms with Crippen molar-refractivity contribution in [2.24, 2.45) is 5.92 Å². The second-order valence-corrected chi connectivity index (χ2v) is 6.42. The molecule has 1 N–H and O–H groups in total. The Morgan fingerprint density at radius 2 is 1.86 bits per heavy atom. The molecular formula is C17H33N3O. The smallest absolute Gasteiger partial charge is 0.118 e. The van der Waals surface area contributed by atoms with Crippen LogP contribution in [-0.4, -0.2) is 50.1 Å². The van der Waals surface area contributed by atoms with Crippen molar-refractivity contribution < 1.29 is 4.42 Å². The third-order valence-electron chi connectivity index (χ3n) is 3.48. The third-order valence-corrected chi connectivity index (χ3v) is 3.48. The number of furan rings is 1. The van der Waals surface area contributed by atoms with E-state index < -0.39 is 0 Å². The Kier molecular flexibility index (Phi) is 8.66. The molecule has 0 atom stereocenters. The fourth-order valence-corrected chi connectivity index (χ4v) is 2.27. The van der Waals surface area contributed by atoms with E-state index in [-0.39, 0.29) is 0 Å². The van der Waals surface area contributed by atoms with Gasteiger partial charge in [0.1, 0.15) is 11.5 Å². The van der Waals surface area contributed by atoms with E-state index in [1.807, 2.05) is 0 Å². The Labute approximate surface area is 130 Å². The summed E-state index contributed by atoms with van der Waals surface area (Å²) in [5, 5.41) is 3.42. The molecule has 4 heteroatoms. The number of hydrogen-bond donors (Lipinski definition) is 1. The highest BCUT2D eigenvalue weighted by Gasteiger charge is 2.08. The second kappa shape index (κ2) is 9.98. The second-order valence-electron chi connectivity index (χ2n) is 6.42. The lowest BCUT2D eigenvalue weighted by Gasteiger charge is -2.20. The Balaban J connectivity index is 2.33. The molecule has 0 radical (unpaired) electrons. The first-order valence-electron chi connectivity index (χ1n) is 8.16. The van der Waals surface area contributed by atoms with Gasteiger partial charge < -0.3 is 14.6 Å². The van der Waals surface area contributed by atoms with Crippen LogP contribution >= 0.6 is 0 Å². The van der Waals surface area contributed by atoms with Crippen LogP contribution in [0.2, 0.25) is 0 Å². The van der Waals surface area contributed by atoms with Crippen molar-refractivity contribution in [3.05, 3.63) is 23.7 Å². The van der Waals surface area contributed by atoms with Crippen LogP contribution in [0.4, 0.5) is 0 Å². The van der Waals surface area contributed by atoms with Crippen LogP contribution in [-0.2, 0) is 13.1 Å². The predicted molar refractivity (Wildman–Crippen MR) is 89.4 cm³/mol. The minimum absolute atomic E-state index is 0.673. The van der Waals surface area contributed by atoms with E-state index in [0.717, 1.165) is 50.8 Å². The van der Waals surface area contributed by atoms with Crippen LogP contribution in [0.15, 0.2) is 16.5 Å². The molecule has 0 aromatic carbocycles. The minimum Gasteiger partial charge on any atom is -0.463 e. The molecule has 0 aliphatic heterocycles. The van der Waals surface area contributed by atoms with Crippen LogP contribution in [0.25, 0.3) is 0 Å². The highest BCUT2D eigenvalue weighted by molar-refractivity contribution is 5.07. The Morgan fingerprint density at radius 3 is 2.48 bits per heavy atom. The lowest BCUT2D eigenvalue weighted by Crippen LogP contribution is -2.26. The van der Waals surface area contributed by atoms with Crippen molar-refractivity contribution in [3.8, 4) is 0 Å². The van der Waals surface area contributed by atoms with E-state index in [0.29, 0.717) is 5.92 Å². The van der Waals surface area contributed by atoms with E-state index in [2.05, 4.69) is 62.1 Å². The summed E-state index contributed by atoms with van der Waals surface area (Å²) in [5.41, 5.74) is 0.